The molecule has 0 N–H and O–H groups in total. The highest BCUT2D eigenvalue weighted by Gasteiger charge is 2.21. The maximum atomic E-state index is 12.4. The molecule has 0 aliphatic rings. The molecule has 0 bridgehead atoms. The van der Waals surface area contributed by atoms with Gasteiger partial charge in [0, 0.05) is 18.3 Å². The van der Waals surface area contributed by atoms with E-state index in [1.54, 1.807) is 42.6 Å². The summed E-state index contributed by atoms with van der Waals surface area (Å²) in [6.07, 6.45) is 1.62. The molecule has 0 saturated heterocycles. The monoisotopic (exact) mass is 495 g/mol. The van der Waals surface area contributed by atoms with Crippen molar-refractivity contribution >= 4 is 40.6 Å². The van der Waals surface area contributed by atoms with Crippen molar-refractivity contribution in [3.05, 3.63) is 128 Å². The lowest BCUT2D eigenvalue weighted by atomic mass is 10.1. The van der Waals surface area contributed by atoms with E-state index in [9.17, 15) is 25.0 Å². The minimum absolute atomic E-state index is 0.157. The summed E-state index contributed by atoms with van der Waals surface area (Å²) >= 11 is 0. The van der Waals surface area contributed by atoms with E-state index in [0.29, 0.717) is 11.4 Å². The van der Waals surface area contributed by atoms with Gasteiger partial charge in [0.2, 0.25) is 0 Å². The first-order valence-corrected chi connectivity index (χ1v) is 10.7. The van der Waals surface area contributed by atoms with Gasteiger partial charge in [0.15, 0.2) is 0 Å². The summed E-state index contributed by atoms with van der Waals surface area (Å²) in [5.74, 6) is -0.804. The molecule has 182 valence electrons. The van der Waals surface area contributed by atoms with Crippen LogP contribution in [0.1, 0.15) is 15.9 Å². The lowest BCUT2D eigenvalue weighted by Crippen LogP contribution is -2.09. The van der Waals surface area contributed by atoms with E-state index in [1.807, 2.05) is 30.3 Å². The van der Waals surface area contributed by atoms with Gasteiger partial charge in [0.1, 0.15) is 5.75 Å². The Balaban J connectivity index is 1.39. The topological polar surface area (TPSA) is 150 Å². The van der Waals surface area contributed by atoms with Gasteiger partial charge < -0.3 is 4.74 Å². The third kappa shape index (κ3) is 6.73. The summed E-state index contributed by atoms with van der Waals surface area (Å²) in [5.41, 5.74) is 1.38. The minimum Gasteiger partial charge on any atom is -0.423 e. The molecule has 0 spiro atoms. The van der Waals surface area contributed by atoms with E-state index in [2.05, 4.69) is 15.2 Å². The van der Waals surface area contributed by atoms with Crippen LogP contribution in [-0.4, -0.2) is 22.0 Å². The molecule has 0 aromatic heterocycles. The normalized spacial score (nSPS) is 11.0. The van der Waals surface area contributed by atoms with Gasteiger partial charge in [-0.3, -0.25) is 25.2 Å². The Morgan fingerprint density at radius 3 is 1.81 bits per heavy atom. The SMILES string of the molecule is O=C(Oc1ccc(C=Nc2ccc(N=Nc3ccccc3)cc2)cc1)c1cc([N+](=O)[O-])cc([N+](=O)[O-])c1. The molecule has 0 fully saturated rings. The standard InChI is InChI=1S/C26H17N5O6/c32-26(19-14-23(30(33)34)16-24(15-19)31(35)36)37-25-12-6-18(7-13-25)17-27-20-8-10-22(11-9-20)29-28-21-4-2-1-3-5-21/h1-17H. The van der Waals surface area contributed by atoms with Gasteiger partial charge >= 0.3 is 5.97 Å². The molecule has 0 radical (unpaired) electrons. The highest BCUT2D eigenvalue weighted by Crippen LogP contribution is 2.25. The highest BCUT2D eigenvalue weighted by molar-refractivity contribution is 5.92. The summed E-state index contributed by atoms with van der Waals surface area (Å²) in [6, 6.07) is 25.5. The van der Waals surface area contributed by atoms with Crippen molar-refractivity contribution in [2.24, 2.45) is 15.2 Å². The Bertz CT molecular complexity index is 1470. The molecular formula is C26H17N5O6. The smallest absolute Gasteiger partial charge is 0.344 e. The number of hydrogen-bond acceptors (Lipinski definition) is 9. The largest absolute Gasteiger partial charge is 0.423 e. The molecule has 37 heavy (non-hydrogen) atoms. The predicted molar refractivity (Wildman–Crippen MR) is 135 cm³/mol. The maximum absolute atomic E-state index is 12.4. The number of azo groups is 1. The molecule has 4 aromatic rings. The number of ether oxygens (including phenoxy) is 1. The second-order valence-electron chi connectivity index (χ2n) is 7.52. The minimum atomic E-state index is -0.960. The first-order valence-electron chi connectivity index (χ1n) is 10.7. The first kappa shape index (κ1) is 24.5. The Hall–Kier alpha value is -5.58. The molecule has 0 heterocycles. The second kappa shape index (κ2) is 11.2. The van der Waals surface area contributed by atoms with Crippen LogP contribution >= 0.6 is 0 Å². The number of nitrogens with zero attached hydrogens (tertiary/aromatic N) is 5. The molecule has 0 atom stereocenters. The van der Waals surface area contributed by atoms with Crippen LogP contribution in [0.5, 0.6) is 5.75 Å². The summed E-state index contributed by atoms with van der Waals surface area (Å²) in [4.78, 5) is 37.2. The number of benzene rings is 4. The highest BCUT2D eigenvalue weighted by atomic mass is 16.6. The average molecular weight is 495 g/mol. The summed E-state index contributed by atoms with van der Waals surface area (Å²) in [5, 5.41) is 30.4. The zero-order valence-corrected chi connectivity index (χ0v) is 19.0. The van der Waals surface area contributed by atoms with Crippen LogP contribution in [0.2, 0.25) is 0 Å². The fraction of sp³-hybridized carbons (Fsp3) is 0. The van der Waals surface area contributed by atoms with Gasteiger partial charge in [-0.15, -0.1) is 0 Å². The third-order valence-electron chi connectivity index (χ3n) is 4.90. The van der Waals surface area contributed by atoms with Crippen LogP contribution in [0, 0.1) is 20.2 Å². The lowest BCUT2D eigenvalue weighted by Gasteiger charge is -2.05. The Labute approximate surface area is 209 Å². The number of rotatable bonds is 8. The first-order chi connectivity index (χ1) is 17.9. The van der Waals surface area contributed by atoms with Gasteiger partial charge in [0.25, 0.3) is 11.4 Å². The number of aliphatic imine (C=N–C) groups is 1. The van der Waals surface area contributed by atoms with Crippen molar-refractivity contribution in [3.8, 4) is 5.75 Å². The van der Waals surface area contributed by atoms with Crippen LogP contribution in [0.4, 0.5) is 28.4 Å². The summed E-state index contributed by atoms with van der Waals surface area (Å²) in [7, 11) is 0. The van der Waals surface area contributed by atoms with E-state index >= 15 is 0 Å². The fourth-order valence-corrected chi connectivity index (χ4v) is 3.08. The quantitative estimate of drug-likeness (QED) is 0.0648. The molecule has 4 rings (SSSR count). The van der Waals surface area contributed by atoms with E-state index in [4.69, 9.17) is 4.74 Å². The average Bonchev–Trinajstić information content (AvgIpc) is 2.92. The van der Waals surface area contributed by atoms with Crippen molar-refractivity contribution in [1.82, 2.24) is 0 Å². The number of esters is 1. The van der Waals surface area contributed by atoms with Gasteiger partial charge in [-0.2, -0.15) is 10.2 Å². The Morgan fingerprint density at radius 2 is 1.24 bits per heavy atom. The van der Waals surface area contributed by atoms with E-state index in [1.165, 1.54) is 12.1 Å². The van der Waals surface area contributed by atoms with Crippen molar-refractivity contribution in [3.63, 3.8) is 0 Å². The van der Waals surface area contributed by atoms with Gasteiger partial charge in [-0.1, -0.05) is 18.2 Å². The summed E-state index contributed by atoms with van der Waals surface area (Å²) < 4.78 is 5.21. The summed E-state index contributed by atoms with van der Waals surface area (Å²) in [6.45, 7) is 0. The Morgan fingerprint density at radius 1 is 0.703 bits per heavy atom. The fourth-order valence-electron chi connectivity index (χ4n) is 3.08. The van der Waals surface area contributed by atoms with E-state index in [0.717, 1.165) is 29.4 Å². The predicted octanol–water partition coefficient (Wildman–Crippen LogP) is 6.89. The van der Waals surface area contributed by atoms with Gasteiger partial charge in [-0.05, 0) is 66.2 Å². The second-order valence-corrected chi connectivity index (χ2v) is 7.52. The number of non-ortho nitro benzene ring substituents is 2. The number of nitro benzene ring substituents is 2. The molecular weight excluding hydrogens is 478 g/mol. The molecule has 0 aliphatic carbocycles. The van der Waals surface area contributed by atoms with Crippen LogP contribution in [-0.2, 0) is 0 Å². The van der Waals surface area contributed by atoms with Crippen molar-refractivity contribution in [2.45, 2.75) is 0 Å². The lowest BCUT2D eigenvalue weighted by molar-refractivity contribution is -0.394. The van der Waals surface area contributed by atoms with E-state index in [-0.39, 0.29) is 11.3 Å². The molecule has 0 saturated carbocycles. The third-order valence-corrected chi connectivity index (χ3v) is 4.90. The molecule has 4 aromatic carbocycles. The molecule has 0 aliphatic heterocycles. The number of hydrogen-bond donors (Lipinski definition) is 0. The van der Waals surface area contributed by atoms with E-state index < -0.39 is 27.2 Å². The van der Waals surface area contributed by atoms with Gasteiger partial charge in [-0.25, -0.2) is 4.79 Å². The number of nitro groups is 2. The maximum Gasteiger partial charge on any atom is 0.344 e. The van der Waals surface area contributed by atoms with Crippen molar-refractivity contribution in [1.29, 1.82) is 0 Å². The molecule has 11 nitrogen and oxygen atoms in total. The van der Waals surface area contributed by atoms with Crippen LogP contribution in [0.25, 0.3) is 0 Å². The zero-order valence-electron chi connectivity index (χ0n) is 19.0. The van der Waals surface area contributed by atoms with Crippen molar-refractivity contribution < 1.29 is 19.4 Å². The van der Waals surface area contributed by atoms with Gasteiger partial charge in [0.05, 0.1) is 38.5 Å². The van der Waals surface area contributed by atoms with Crippen LogP contribution < -0.4 is 4.74 Å². The molecule has 11 heteroatoms. The van der Waals surface area contributed by atoms with Crippen molar-refractivity contribution in [2.75, 3.05) is 0 Å². The van der Waals surface area contributed by atoms with Crippen LogP contribution in [0.3, 0.4) is 0 Å². The number of carbonyl (C=O) groups is 1. The number of carbonyl (C=O) groups excluding carboxylic acids is 1. The zero-order chi connectivity index (χ0) is 26.2. The Kier molecular flexibility index (Phi) is 7.45. The van der Waals surface area contributed by atoms with Crippen LogP contribution in [0.15, 0.2) is 112 Å². The molecule has 0 amide bonds. The molecule has 0 unspecified atom stereocenters.